The Labute approximate surface area is 178 Å². The van der Waals surface area contributed by atoms with Crippen LogP contribution in [0.5, 0.6) is 5.75 Å². The van der Waals surface area contributed by atoms with Crippen LogP contribution >= 0.6 is 23.2 Å². The average Bonchev–Trinajstić information content (AvgIpc) is 2.68. The number of aliphatic hydroxyl groups is 1. The molecule has 0 spiro atoms. The van der Waals surface area contributed by atoms with Crippen molar-refractivity contribution in [3.05, 3.63) is 57.6 Å². The molecule has 2 unspecified atom stereocenters. The molecular weight excluding hydrogens is 413 g/mol. The maximum Gasteiger partial charge on any atom is 0.210 e. The van der Waals surface area contributed by atoms with Gasteiger partial charge in [0, 0.05) is 5.56 Å². The standard InChI is InChI=1S/C20H17Cl2N5O2/c1-20(2)18(28)17(13-7-11(9-23)3-6-16(13)29-20)26-19(25)27(10-24)12-4-5-14(21)15(22)8-12/h3-8,17-18,28H,1-2H3,(H2,25,26). The number of hydrogen-bond donors (Lipinski definition) is 2. The number of rotatable bonds is 2. The van der Waals surface area contributed by atoms with Crippen molar-refractivity contribution >= 4 is 34.8 Å². The molecule has 0 radical (unpaired) electrons. The molecule has 2 aromatic carbocycles. The molecule has 148 valence electrons. The van der Waals surface area contributed by atoms with Crippen LogP contribution in [0, 0.1) is 22.8 Å². The molecule has 0 saturated carbocycles. The van der Waals surface area contributed by atoms with Gasteiger partial charge in [0.2, 0.25) is 5.96 Å². The minimum Gasteiger partial charge on any atom is -0.485 e. The summed E-state index contributed by atoms with van der Waals surface area (Å²) in [6.45, 7) is 3.44. The lowest BCUT2D eigenvalue weighted by Gasteiger charge is -2.40. The van der Waals surface area contributed by atoms with E-state index in [1.54, 1.807) is 38.1 Å². The van der Waals surface area contributed by atoms with Crippen molar-refractivity contribution in [2.75, 3.05) is 4.90 Å². The third kappa shape index (κ3) is 3.94. The third-order valence-electron chi connectivity index (χ3n) is 4.60. The van der Waals surface area contributed by atoms with Crippen molar-refractivity contribution in [2.45, 2.75) is 31.6 Å². The summed E-state index contributed by atoms with van der Waals surface area (Å²) in [6.07, 6.45) is 0.875. The number of fused-ring (bicyclic) bond motifs is 1. The van der Waals surface area contributed by atoms with Crippen molar-refractivity contribution in [1.29, 1.82) is 10.5 Å². The number of guanidine groups is 1. The van der Waals surface area contributed by atoms with Crippen LogP contribution in [0.2, 0.25) is 10.0 Å². The molecule has 0 amide bonds. The van der Waals surface area contributed by atoms with Crippen LogP contribution in [0.15, 0.2) is 41.4 Å². The second kappa shape index (κ2) is 7.81. The first-order valence-electron chi connectivity index (χ1n) is 8.57. The first-order valence-corrected chi connectivity index (χ1v) is 9.33. The van der Waals surface area contributed by atoms with E-state index in [2.05, 4.69) is 11.1 Å². The van der Waals surface area contributed by atoms with E-state index >= 15 is 0 Å². The number of anilines is 1. The van der Waals surface area contributed by atoms with Gasteiger partial charge >= 0.3 is 0 Å². The molecule has 3 rings (SSSR count). The highest BCUT2D eigenvalue weighted by molar-refractivity contribution is 6.42. The van der Waals surface area contributed by atoms with Crippen LogP contribution in [0.25, 0.3) is 0 Å². The molecule has 1 aliphatic rings. The van der Waals surface area contributed by atoms with Crippen LogP contribution in [-0.4, -0.2) is 22.8 Å². The van der Waals surface area contributed by atoms with E-state index in [1.807, 2.05) is 6.19 Å². The lowest BCUT2D eigenvalue weighted by molar-refractivity contribution is -0.0567. The van der Waals surface area contributed by atoms with Crippen LogP contribution in [0.3, 0.4) is 0 Å². The van der Waals surface area contributed by atoms with Crippen LogP contribution in [-0.2, 0) is 0 Å². The molecule has 1 aliphatic heterocycles. The van der Waals surface area contributed by atoms with Crippen molar-refractivity contribution in [1.82, 2.24) is 0 Å². The molecule has 2 atom stereocenters. The molecule has 0 saturated heterocycles. The molecule has 0 aromatic heterocycles. The molecular formula is C20H17Cl2N5O2. The van der Waals surface area contributed by atoms with E-state index in [4.69, 9.17) is 33.7 Å². The number of halogens is 2. The number of nitrogens with two attached hydrogens (primary N) is 1. The largest absolute Gasteiger partial charge is 0.485 e. The molecule has 3 N–H and O–H groups in total. The number of hydrogen-bond acceptors (Lipinski definition) is 5. The van der Waals surface area contributed by atoms with Crippen LogP contribution in [0.4, 0.5) is 5.69 Å². The number of nitrogens with zero attached hydrogens (tertiary/aromatic N) is 4. The van der Waals surface area contributed by atoms with E-state index in [9.17, 15) is 15.6 Å². The quantitative estimate of drug-likeness (QED) is 0.324. The summed E-state index contributed by atoms with van der Waals surface area (Å²) in [4.78, 5) is 5.49. The summed E-state index contributed by atoms with van der Waals surface area (Å²) < 4.78 is 5.86. The second-order valence-electron chi connectivity index (χ2n) is 6.98. The van der Waals surface area contributed by atoms with Gasteiger partial charge in [-0.1, -0.05) is 23.2 Å². The van der Waals surface area contributed by atoms with Gasteiger partial charge in [-0.05, 0) is 50.2 Å². The second-order valence-corrected chi connectivity index (χ2v) is 7.80. The Morgan fingerprint density at radius 1 is 1.21 bits per heavy atom. The van der Waals surface area contributed by atoms with Gasteiger partial charge in [-0.3, -0.25) is 0 Å². The monoisotopic (exact) mass is 429 g/mol. The van der Waals surface area contributed by atoms with Gasteiger partial charge in [0.25, 0.3) is 0 Å². The number of benzene rings is 2. The van der Waals surface area contributed by atoms with Gasteiger partial charge in [-0.25, -0.2) is 9.89 Å². The molecule has 7 nitrogen and oxygen atoms in total. The fourth-order valence-electron chi connectivity index (χ4n) is 3.04. The maximum absolute atomic E-state index is 10.9. The minimum atomic E-state index is -1.07. The predicted molar refractivity (Wildman–Crippen MR) is 111 cm³/mol. The SMILES string of the molecule is CC1(C)Oc2ccc(C#N)cc2C(N=C(N)N(C#N)c2ccc(Cl)c(Cl)c2)C1O. The van der Waals surface area contributed by atoms with E-state index in [1.165, 1.54) is 12.1 Å². The summed E-state index contributed by atoms with van der Waals surface area (Å²) in [5.74, 6) is 0.333. The van der Waals surface area contributed by atoms with E-state index in [0.717, 1.165) is 4.90 Å². The van der Waals surface area contributed by atoms with Gasteiger partial charge in [-0.15, -0.1) is 0 Å². The Morgan fingerprint density at radius 2 is 1.93 bits per heavy atom. The Hall–Kier alpha value is -2.97. The Kier molecular flexibility index (Phi) is 5.59. The van der Waals surface area contributed by atoms with Gasteiger partial charge in [0.1, 0.15) is 23.5 Å². The molecule has 2 aromatic rings. The average molecular weight is 430 g/mol. The Balaban J connectivity index is 2.08. The van der Waals surface area contributed by atoms with E-state index in [0.29, 0.717) is 27.6 Å². The lowest BCUT2D eigenvalue weighted by Crippen LogP contribution is -2.49. The Bertz CT molecular complexity index is 1070. The van der Waals surface area contributed by atoms with E-state index in [-0.39, 0.29) is 11.0 Å². The molecule has 9 heteroatoms. The molecule has 0 aliphatic carbocycles. The topological polar surface area (TPSA) is 119 Å². The zero-order chi connectivity index (χ0) is 21.3. The summed E-state index contributed by atoms with van der Waals surface area (Å²) in [6, 6.07) is 10.7. The summed E-state index contributed by atoms with van der Waals surface area (Å²) in [7, 11) is 0. The lowest BCUT2D eigenvalue weighted by atomic mass is 9.86. The highest BCUT2D eigenvalue weighted by atomic mass is 35.5. The smallest absolute Gasteiger partial charge is 0.210 e. The zero-order valence-corrected chi connectivity index (χ0v) is 17.1. The third-order valence-corrected chi connectivity index (χ3v) is 5.34. The first kappa shape index (κ1) is 20.8. The fourth-order valence-corrected chi connectivity index (χ4v) is 3.33. The highest BCUT2D eigenvalue weighted by Gasteiger charge is 2.43. The maximum atomic E-state index is 10.9. The molecule has 0 bridgehead atoms. The van der Waals surface area contributed by atoms with Gasteiger partial charge in [0.15, 0.2) is 6.19 Å². The Morgan fingerprint density at radius 3 is 2.55 bits per heavy atom. The minimum absolute atomic E-state index is 0.152. The van der Waals surface area contributed by atoms with Crippen molar-refractivity contribution in [2.24, 2.45) is 10.7 Å². The van der Waals surface area contributed by atoms with Gasteiger partial charge < -0.3 is 15.6 Å². The number of aliphatic hydroxyl groups excluding tert-OH is 1. The summed E-state index contributed by atoms with van der Waals surface area (Å²) in [5.41, 5.74) is 6.42. The zero-order valence-electron chi connectivity index (χ0n) is 15.6. The fraction of sp³-hybridized carbons (Fsp3) is 0.250. The summed E-state index contributed by atoms with van der Waals surface area (Å²) >= 11 is 12.0. The number of nitriles is 2. The van der Waals surface area contributed by atoms with Gasteiger partial charge in [-0.2, -0.15) is 10.5 Å². The van der Waals surface area contributed by atoms with Crippen molar-refractivity contribution in [3.63, 3.8) is 0 Å². The van der Waals surface area contributed by atoms with Crippen molar-refractivity contribution in [3.8, 4) is 18.0 Å². The molecule has 29 heavy (non-hydrogen) atoms. The molecule has 1 heterocycles. The van der Waals surface area contributed by atoms with Crippen LogP contribution < -0.4 is 15.4 Å². The number of ether oxygens (including phenoxy) is 1. The number of aliphatic imine (C=N–C) groups is 1. The normalized spacial score (nSPS) is 20.0. The van der Waals surface area contributed by atoms with Crippen molar-refractivity contribution < 1.29 is 9.84 Å². The van der Waals surface area contributed by atoms with Gasteiger partial charge in [0.05, 0.1) is 27.4 Å². The van der Waals surface area contributed by atoms with E-state index < -0.39 is 17.7 Å². The summed E-state index contributed by atoms with van der Waals surface area (Å²) in [5, 5.41) is 30.3. The van der Waals surface area contributed by atoms with Crippen LogP contribution in [0.1, 0.15) is 31.0 Å². The predicted octanol–water partition coefficient (Wildman–Crippen LogP) is 3.74. The highest BCUT2D eigenvalue weighted by Crippen LogP contribution is 2.42. The molecule has 0 fully saturated rings. The first-order chi connectivity index (χ1) is 13.7.